The Kier molecular flexibility index (Phi) is 7.55. The van der Waals surface area contributed by atoms with Crippen LogP contribution in [-0.4, -0.2) is 29.1 Å². The van der Waals surface area contributed by atoms with Gasteiger partial charge in [-0.2, -0.15) is 0 Å². The molecule has 1 aromatic carbocycles. The fourth-order valence-corrected chi connectivity index (χ4v) is 1.71. The van der Waals surface area contributed by atoms with Crippen molar-refractivity contribution in [2.45, 2.75) is 25.7 Å². The first-order chi connectivity index (χ1) is 9.44. The highest BCUT2D eigenvalue weighted by molar-refractivity contribution is 7.90. The Labute approximate surface area is 126 Å². The van der Waals surface area contributed by atoms with Gasteiger partial charge in [-0.1, -0.05) is 18.2 Å². The molecule has 7 nitrogen and oxygen atoms in total. The molecular weight excluding hydrogens is 318 g/mol. The molecule has 1 rings (SSSR count). The summed E-state index contributed by atoms with van der Waals surface area (Å²) in [4.78, 5) is 16.9. The summed E-state index contributed by atoms with van der Waals surface area (Å²) in [5.41, 5.74) is -0.696. The van der Waals surface area contributed by atoms with E-state index in [2.05, 4.69) is 4.84 Å². The van der Waals surface area contributed by atoms with Crippen LogP contribution in [0.5, 0.6) is 0 Å². The molecule has 0 bridgehead atoms. The Morgan fingerprint density at radius 1 is 1.14 bits per heavy atom. The van der Waals surface area contributed by atoms with E-state index in [-0.39, 0.29) is 0 Å². The predicted molar refractivity (Wildman–Crippen MR) is 78.5 cm³/mol. The number of rotatable bonds is 3. The number of hydrogen-bond donors (Lipinski definition) is 2. The summed E-state index contributed by atoms with van der Waals surface area (Å²) in [5, 5.41) is 0. The molecule has 0 radical (unpaired) electrons. The SMILES string of the molecule is CC(C)(C)C(=O)ON[SH](=O)=O.CS(=O)(=O)c1ccccc1. The van der Waals surface area contributed by atoms with Gasteiger partial charge in [0.1, 0.15) is 0 Å². The number of nitrogens with one attached hydrogen (secondary N) is 1. The van der Waals surface area contributed by atoms with Crippen LogP contribution in [0.2, 0.25) is 0 Å². The fraction of sp³-hybridized carbons (Fsp3) is 0.417. The first-order valence-electron chi connectivity index (χ1n) is 5.81. The number of carbonyl (C=O) groups excluding carboxylic acids is 1. The van der Waals surface area contributed by atoms with Crippen molar-refractivity contribution in [3.05, 3.63) is 30.3 Å². The second-order valence-corrected chi connectivity index (χ2v) is 7.79. The monoisotopic (exact) mass is 337 g/mol. The Hall–Kier alpha value is -1.45. The van der Waals surface area contributed by atoms with E-state index >= 15 is 0 Å². The molecule has 0 unspecified atom stereocenters. The van der Waals surface area contributed by atoms with Crippen molar-refractivity contribution in [3.8, 4) is 0 Å². The number of carbonyl (C=O) groups is 1. The number of hydrogen-bond acceptors (Lipinski definition) is 6. The molecule has 120 valence electrons. The van der Waals surface area contributed by atoms with Crippen LogP contribution in [0.25, 0.3) is 0 Å². The van der Waals surface area contributed by atoms with Crippen molar-refractivity contribution in [1.29, 1.82) is 0 Å². The Bertz CT molecular complexity index is 621. The van der Waals surface area contributed by atoms with Crippen molar-refractivity contribution in [3.63, 3.8) is 0 Å². The molecule has 21 heavy (non-hydrogen) atoms. The normalized spacial score (nSPS) is 11.5. The van der Waals surface area contributed by atoms with E-state index in [4.69, 9.17) is 0 Å². The highest BCUT2D eigenvalue weighted by Crippen LogP contribution is 2.13. The first-order valence-corrected chi connectivity index (χ1v) is 8.88. The molecule has 1 aromatic rings. The van der Waals surface area contributed by atoms with Crippen molar-refractivity contribution >= 4 is 26.7 Å². The van der Waals surface area contributed by atoms with Crippen LogP contribution in [0.15, 0.2) is 35.2 Å². The third kappa shape index (κ3) is 9.16. The molecule has 0 aliphatic carbocycles. The molecule has 0 aromatic heterocycles. The number of thiol groups is 1. The van der Waals surface area contributed by atoms with E-state index in [0.29, 0.717) is 4.90 Å². The van der Waals surface area contributed by atoms with E-state index in [1.165, 1.54) is 6.26 Å². The largest absolute Gasteiger partial charge is 0.356 e. The van der Waals surface area contributed by atoms with E-state index < -0.39 is 32.1 Å². The van der Waals surface area contributed by atoms with E-state index in [9.17, 15) is 21.6 Å². The quantitative estimate of drug-likeness (QED) is 0.621. The van der Waals surface area contributed by atoms with E-state index in [1.54, 1.807) is 56.0 Å². The van der Waals surface area contributed by atoms with Gasteiger partial charge in [-0.3, -0.25) is 0 Å². The van der Waals surface area contributed by atoms with Gasteiger partial charge < -0.3 is 4.84 Å². The average Bonchev–Trinajstić information content (AvgIpc) is 2.35. The van der Waals surface area contributed by atoms with Gasteiger partial charge in [0.2, 0.25) is 10.9 Å². The molecule has 1 N–H and O–H groups in total. The lowest BCUT2D eigenvalue weighted by atomic mass is 9.98. The van der Waals surface area contributed by atoms with Gasteiger partial charge in [0.25, 0.3) is 0 Å². The standard InChI is InChI=1S/C7H8O2S.C5H11NO4S/c1-10(8,9)7-5-3-2-4-6-7;1-5(2,3)4(7)10-6-11(8)9/h2-6H,1H3;11H,1-3H3,(H,6,8,9). The molecule has 0 atom stereocenters. The fourth-order valence-electron chi connectivity index (χ4n) is 0.900. The Morgan fingerprint density at radius 3 is 1.90 bits per heavy atom. The molecular formula is C12H19NO6S2. The Balaban J connectivity index is 0.000000382. The second-order valence-electron chi connectivity index (χ2n) is 5.07. The third-order valence-corrected chi connectivity index (χ3v) is 3.37. The van der Waals surface area contributed by atoms with E-state index in [0.717, 1.165) is 0 Å². The molecule has 9 heteroatoms. The summed E-state index contributed by atoms with van der Waals surface area (Å²) in [6.07, 6.45) is 1.20. The maximum absolute atomic E-state index is 10.8. The third-order valence-electron chi connectivity index (χ3n) is 2.00. The summed E-state index contributed by atoms with van der Waals surface area (Å²) in [6.45, 7) is 4.86. The van der Waals surface area contributed by atoms with Gasteiger partial charge in [0, 0.05) is 6.26 Å². The summed E-state index contributed by atoms with van der Waals surface area (Å²) in [5.74, 6) is -0.614. The molecule has 0 saturated carbocycles. The second kappa shape index (κ2) is 8.11. The van der Waals surface area contributed by atoms with Gasteiger partial charge in [0.15, 0.2) is 9.84 Å². The summed E-state index contributed by atoms with van der Waals surface area (Å²) in [6, 6.07) is 8.35. The summed E-state index contributed by atoms with van der Waals surface area (Å²) >= 11 is 0. The van der Waals surface area contributed by atoms with Gasteiger partial charge in [0.05, 0.1) is 10.3 Å². The van der Waals surface area contributed by atoms with Crippen LogP contribution < -0.4 is 4.89 Å². The lowest BCUT2D eigenvalue weighted by Crippen LogP contribution is -2.28. The van der Waals surface area contributed by atoms with Gasteiger partial charge in [-0.25, -0.2) is 21.6 Å². The van der Waals surface area contributed by atoms with Gasteiger partial charge in [-0.15, -0.1) is 0 Å². The van der Waals surface area contributed by atoms with Crippen LogP contribution >= 0.6 is 0 Å². The number of sulfone groups is 1. The molecule has 0 aliphatic rings. The lowest BCUT2D eigenvalue weighted by molar-refractivity contribution is -0.156. The topological polar surface area (TPSA) is 107 Å². The van der Waals surface area contributed by atoms with Crippen molar-refractivity contribution in [1.82, 2.24) is 4.89 Å². The minimum atomic E-state index is -3.00. The zero-order valence-corrected chi connectivity index (χ0v) is 13.9. The maximum atomic E-state index is 10.8. The molecule has 0 fully saturated rings. The van der Waals surface area contributed by atoms with Crippen LogP contribution in [0.3, 0.4) is 0 Å². The molecule has 0 saturated heterocycles. The molecule has 0 spiro atoms. The van der Waals surface area contributed by atoms with Crippen LogP contribution in [0, 0.1) is 5.41 Å². The summed E-state index contributed by atoms with van der Waals surface area (Å²) in [7, 11) is -5.88. The maximum Gasteiger partial charge on any atom is 0.331 e. The average molecular weight is 337 g/mol. The van der Waals surface area contributed by atoms with Crippen LogP contribution in [0.1, 0.15) is 20.8 Å². The zero-order valence-electron chi connectivity index (χ0n) is 12.2. The van der Waals surface area contributed by atoms with Crippen LogP contribution in [0.4, 0.5) is 0 Å². The minimum absolute atomic E-state index is 0.370. The summed E-state index contributed by atoms with van der Waals surface area (Å²) < 4.78 is 41.4. The zero-order chi connectivity index (χ0) is 16.7. The van der Waals surface area contributed by atoms with Crippen molar-refractivity contribution < 1.29 is 26.5 Å². The van der Waals surface area contributed by atoms with Crippen molar-refractivity contribution in [2.75, 3.05) is 6.26 Å². The van der Waals surface area contributed by atoms with E-state index in [1.807, 2.05) is 0 Å². The number of benzene rings is 1. The Morgan fingerprint density at radius 2 is 1.62 bits per heavy atom. The predicted octanol–water partition coefficient (Wildman–Crippen LogP) is 0.697. The molecule has 0 heterocycles. The smallest absolute Gasteiger partial charge is 0.331 e. The molecule has 0 aliphatic heterocycles. The van der Waals surface area contributed by atoms with Crippen LogP contribution in [-0.2, 0) is 30.4 Å². The first kappa shape index (κ1) is 19.6. The highest BCUT2D eigenvalue weighted by Gasteiger charge is 2.23. The highest BCUT2D eigenvalue weighted by atomic mass is 32.2. The van der Waals surface area contributed by atoms with Crippen molar-refractivity contribution in [2.24, 2.45) is 5.41 Å². The lowest BCUT2D eigenvalue weighted by Gasteiger charge is -2.13. The van der Waals surface area contributed by atoms with Gasteiger partial charge >= 0.3 is 5.97 Å². The minimum Gasteiger partial charge on any atom is -0.356 e. The van der Waals surface area contributed by atoms with Gasteiger partial charge in [-0.05, 0) is 37.8 Å². The molecule has 0 amide bonds.